The fourth-order valence-corrected chi connectivity index (χ4v) is 2.58. The number of nitrogens with zero attached hydrogens (tertiary/aromatic N) is 1. The Morgan fingerprint density at radius 2 is 1.91 bits per heavy atom. The normalized spacial score (nSPS) is 19.5. The van der Waals surface area contributed by atoms with E-state index in [1.807, 2.05) is 18.2 Å². The van der Waals surface area contributed by atoms with Gasteiger partial charge in [0.15, 0.2) is 17.5 Å². The molecule has 3 rings (SSSR count). The van der Waals surface area contributed by atoms with Crippen LogP contribution in [0.15, 0.2) is 23.2 Å². The zero-order valence-corrected chi connectivity index (χ0v) is 12.7. The number of hydrogen-bond acceptors (Lipinski definition) is 4. The first-order valence-corrected chi connectivity index (χ1v) is 7.85. The molecule has 0 saturated carbocycles. The maximum atomic E-state index is 5.97. The third-order valence-corrected chi connectivity index (χ3v) is 3.88. The maximum absolute atomic E-state index is 5.97. The first kappa shape index (κ1) is 15.0. The molecule has 0 bridgehead atoms. The van der Waals surface area contributed by atoms with Crippen LogP contribution in [0.5, 0.6) is 11.5 Å². The van der Waals surface area contributed by atoms with Gasteiger partial charge in [-0.15, -0.1) is 0 Å². The summed E-state index contributed by atoms with van der Waals surface area (Å²) in [5.41, 5.74) is 6.82. The fourth-order valence-electron chi connectivity index (χ4n) is 2.58. The highest BCUT2D eigenvalue weighted by atomic mass is 16.5. The Balaban J connectivity index is 1.58. The Morgan fingerprint density at radius 3 is 2.73 bits per heavy atom. The number of fused-ring (bicyclic) bond motifs is 1. The van der Waals surface area contributed by atoms with Gasteiger partial charge in [0, 0.05) is 37.9 Å². The lowest BCUT2D eigenvalue weighted by atomic mass is 10.0. The lowest BCUT2D eigenvalue weighted by Gasteiger charge is -2.20. The van der Waals surface area contributed by atoms with Crippen LogP contribution in [-0.4, -0.2) is 38.9 Å². The van der Waals surface area contributed by atoms with Crippen molar-refractivity contribution in [2.45, 2.75) is 19.3 Å². The highest BCUT2D eigenvalue weighted by Gasteiger charge is 2.13. The quantitative estimate of drug-likeness (QED) is 0.659. The van der Waals surface area contributed by atoms with Gasteiger partial charge in [-0.25, -0.2) is 0 Å². The minimum atomic E-state index is 0.431. The van der Waals surface area contributed by atoms with E-state index < -0.39 is 0 Å². The van der Waals surface area contributed by atoms with Crippen molar-refractivity contribution in [1.29, 1.82) is 0 Å². The molecular formula is C16H23N3O3. The molecule has 0 atom stereocenters. The number of hydrogen-bond donors (Lipinski definition) is 2. The summed E-state index contributed by atoms with van der Waals surface area (Å²) in [7, 11) is 0. The van der Waals surface area contributed by atoms with Crippen molar-refractivity contribution in [1.82, 2.24) is 0 Å². The van der Waals surface area contributed by atoms with E-state index in [1.165, 1.54) is 0 Å². The maximum Gasteiger partial charge on any atom is 0.193 e. The van der Waals surface area contributed by atoms with Crippen molar-refractivity contribution < 1.29 is 14.2 Å². The van der Waals surface area contributed by atoms with Crippen LogP contribution in [0.2, 0.25) is 0 Å². The first-order chi connectivity index (χ1) is 10.8. The van der Waals surface area contributed by atoms with E-state index in [0.717, 1.165) is 56.2 Å². The van der Waals surface area contributed by atoms with Crippen molar-refractivity contribution in [2.24, 2.45) is 16.6 Å². The molecule has 6 nitrogen and oxygen atoms in total. The molecule has 0 unspecified atom stereocenters. The Hall–Kier alpha value is -1.95. The van der Waals surface area contributed by atoms with Gasteiger partial charge in [0.2, 0.25) is 0 Å². The lowest BCUT2D eigenvalue weighted by Crippen LogP contribution is -2.25. The van der Waals surface area contributed by atoms with E-state index in [1.54, 1.807) is 0 Å². The van der Waals surface area contributed by atoms with Gasteiger partial charge < -0.3 is 25.3 Å². The van der Waals surface area contributed by atoms with Crippen LogP contribution in [-0.2, 0) is 4.74 Å². The van der Waals surface area contributed by atoms with Crippen LogP contribution in [0, 0.1) is 5.92 Å². The molecule has 22 heavy (non-hydrogen) atoms. The number of ether oxygens (including phenoxy) is 3. The predicted molar refractivity (Wildman–Crippen MR) is 85.7 cm³/mol. The molecule has 1 saturated heterocycles. The van der Waals surface area contributed by atoms with Crippen LogP contribution in [0.4, 0.5) is 5.69 Å². The van der Waals surface area contributed by atoms with E-state index >= 15 is 0 Å². The third kappa shape index (κ3) is 4.04. The highest BCUT2D eigenvalue weighted by Crippen LogP contribution is 2.32. The number of anilines is 1. The fraction of sp³-hybridized carbons (Fsp3) is 0.562. The van der Waals surface area contributed by atoms with Crippen LogP contribution in [0.1, 0.15) is 19.3 Å². The van der Waals surface area contributed by atoms with E-state index in [2.05, 4.69) is 10.3 Å². The summed E-state index contributed by atoms with van der Waals surface area (Å²) in [5.74, 6) is 2.53. The number of aliphatic imine (C=N–C) groups is 1. The largest absolute Gasteiger partial charge is 0.490 e. The average molecular weight is 305 g/mol. The molecule has 2 heterocycles. The SMILES string of the molecule is NC(=NCC1CCOCC1)Nc1ccc2c(c1)OCCCO2. The van der Waals surface area contributed by atoms with Crippen LogP contribution in [0.3, 0.4) is 0 Å². The summed E-state index contributed by atoms with van der Waals surface area (Å²) in [6.45, 7) is 3.76. The average Bonchev–Trinajstić information content (AvgIpc) is 2.79. The van der Waals surface area contributed by atoms with E-state index in [9.17, 15) is 0 Å². The van der Waals surface area contributed by atoms with Crippen LogP contribution >= 0.6 is 0 Å². The molecular weight excluding hydrogens is 282 g/mol. The summed E-state index contributed by atoms with van der Waals surface area (Å²) < 4.78 is 16.6. The number of nitrogens with one attached hydrogen (secondary N) is 1. The van der Waals surface area contributed by atoms with Gasteiger partial charge in [0.1, 0.15) is 0 Å². The second kappa shape index (κ2) is 7.35. The van der Waals surface area contributed by atoms with Gasteiger partial charge in [-0.05, 0) is 30.9 Å². The van der Waals surface area contributed by atoms with Crippen molar-refractivity contribution in [3.8, 4) is 11.5 Å². The number of benzene rings is 1. The minimum Gasteiger partial charge on any atom is -0.490 e. The van der Waals surface area contributed by atoms with Gasteiger partial charge in [0.05, 0.1) is 13.2 Å². The third-order valence-electron chi connectivity index (χ3n) is 3.88. The van der Waals surface area contributed by atoms with Crippen molar-refractivity contribution in [3.05, 3.63) is 18.2 Å². The standard InChI is InChI=1S/C16H23N3O3/c17-16(18-11-12-4-8-20-9-5-12)19-13-2-3-14-15(10-13)22-7-1-6-21-14/h2-3,10,12H,1,4-9,11H2,(H3,17,18,19). The number of nitrogens with two attached hydrogens (primary N) is 1. The van der Waals surface area contributed by atoms with E-state index in [0.29, 0.717) is 25.1 Å². The molecule has 1 aromatic rings. The summed E-state index contributed by atoms with van der Waals surface area (Å²) in [6.07, 6.45) is 3.01. The zero-order chi connectivity index (χ0) is 15.2. The smallest absolute Gasteiger partial charge is 0.193 e. The topological polar surface area (TPSA) is 78.1 Å². The van der Waals surface area contributed by atoms with E-state index in [4.69, 9.17) is 19.9 Å². The molecule has 1 aromatic carbocycles. The Bertz CT molecular complexity index is 527. The van der Waals surface area contributed by atoms with Crippen molar-refractivity contribution >= 4 is 11.6 Å². The zero-order valence-electron chi connectivity index (χ0n) is 12.7. The van der Waals surface area contributed by atoms with Gasteiger partial charge >= 0.3 is 0 Å². The van der Waals surface area contributed by atoms with Crippen LogP contribution < -0.4 is 20.5 Å². The monoisotopic (exact) mass is 305 g/mol. The minimum absolute atomic E-state index is 0.431. The molecule has 2 aliphatic heterocycles. The summed E-state index contributed by atoms with van der Waals surface area (Å²) in [5, 5.41) is 3.11. The van der Waals surface area contributed by atoms with Crippen LogP contribution in [0.25, 0.3) is 0 Å². The highest BCUT2D eigenvalue weighted by molar-refractivity contribution is 5.92. The molecule has 0 radical (unpaired) electrons. The summed E-state index contributed by atoms with van der Waals surface area (Å²) >= 11 is 0. The van der Waals surface area contributed by atoms with E-state index in [-0.39, 0.29) is 0 Å². The predicted octanol–water partition coefficient (Wildman–Crippen LogP) is 2.00. The molecule has 2 aliphatic rings. The Morgan fingerprint density at radius 1 is 1.14 bits per heavy atom. The lowest BCUT2D eigenvalue weighted by molar-refractivity contribution is 0.0689. The molecule has 3 N–H and O–H groups in total. The molecule has 120 valence electrons. The number of rotatable bonds is 3. The molecule has 6 heteroatoms. The molecule has 1 fully saturated rings. The molecule has 0 aliphatic carbocycles. The van der Waals surface area contributed by atoms with Crippen molar-refractivity contribution in [3.63, 3.8) is 0 Å². The van der Waals surface area contributed by atoms with Gasteiger partial charge in [-0.2, -0.15) is 0 Å². The molecule has 0 aromatic heterocycles. The first-order valence-electron chi connectivity index (χ1n) is 7.85. The Labute approximate surface area is 130 Å². The van der Waals surface area contributed by atoms with Gasteiger partial charge in [-0.1, -0.05) is 0 Å². The second-order valence-electron chi connectivity index (χ2n) is 5.62. The summed E-state index contributed by atoms with van der Waals surface area (Å²) in [4.78, 5) is 4.43. The van der Waals surface area contributed by atoms with Gasteiger partial charge in [0.25, 0.3) is 0 Å². The second-order valence-corrected chi connectivity index (χ2v) is 5.62. The summed E-state index contributed by atoms with van der Waals surface area (Å²) in [6, 6.07) is 5.72. The van der Waals surface area contributed by atoms with Gasteiger partial charge in [-0.3, -0.25) is 4.99 Å². The number of guanidine groups is 1. The molecule has 0 spiro atoms. The molecule has 0 amide bonds. The van der Waals surface area contributed by atoms with Crippen molar-refractivity contribution in [2.75, 3.05) is 38.3 Å². The Kier molecular flexibility index (Phi) is 5.00.